The topological polar surface area (TPSA) is 93.4 Å². The second-order valence-electron chi connectivity index (χ2n) is 8.54. The summed E-state index contributed by atoms with van der Waals surface area (Å²) >= 11 is 0. The number of fused-ring (bicyclic) bond motifs is 1. The van der Waals surface area contributed by atoms with Crippen molar-refractivity contribution in [2.24, 2.45) is 5.92 Å². The lowest BCUT2D eigenvalue weighted by atomic mass is 10.1. The molecule has 3 aromatic rings. The monoisotopic (exact) mass is 432 g/mol. The first-order valence-electron chi connectivity index (χ1n) is 11.2. The van der Waals surface area contributed by atoms with E-state index >= 15 is 0 Å². The van der Waals surface area contributed by atoms with Gasteiger partial charge in [-0.3, -0.25) is 19.6 Å². The Labute approximate surface area is 187 Å². The Balaban J connectivity index is 1.22. The summed E-state index contributed by atoms with van der Waals surface area (Å²) < 4.78 is 0. The van der Waals surface area contributed by atoms with E-state index < -0.39 is 0 Å². The minimum atomic E-state index is -0.112. The van der Waals surface area contributed by atoms with E-state index in [2.05, 4.69) is 25.7 Å². The standard InChI is InChI=1S/C24H28N6O2/c31-22(30-12-9-25-10-13-30)16-29-11-8-18(15-29)24(32)26-19-6-7-21-20(14-19)23(28-27-21)17-4-2-1-3-5-17/h1-7,14,18,25H,8-13,15-16H2,(H,26,32)(H,27,28)/t18-/m1/s1. The van der Waals surface area contributed by atoms with Crippen molar-refractivity contribution >= 4 is 28.4 Å². The van der Waals surface area contributed by atoms with Gasteiger partial charge in [-0.15, -0.1) is 0 Å². The number of rotatable bonds is 5. The summed E-state index contributed by atoms with van der Waals surface area (Å²) in [5, 5.41) is 14.8. The Hall–Kier alpha value is -3.23. The maximum Gasteiger partial charge on any atom is 0.236 e. The highest BCUT2D eigenvalue weighted by molar-refractivity contribution is 5.99. The number of piperazine rings is 1. The van der Waals surface area contributed by atoms with Gasteiger partial charge in [-0.1, -0.05) is 30.3 Å². The molecule has 2 aromatic carbocycles. The molecule has 166 valence electrons. The van der Waals surface area contributed by atoms with E-state index in [4.69, 9.17) is 0 Å². The minimum absolute atomic E-state index is 0.00577. The van der Waals surface area contributed by atoms with Crippen molar-refractivity contribution in [2.45, 2.75) is 6.42 Å². The molecule has 2 aliphatic rings. The fourth-order valence-electron chi connectivity index (χ4n) is 4.55. The molecule has 0 saturated carbocycles. The van der Waals surface area contributed by atoms with E-state index in [0.29, 0.717) is 13.1 Å². The van der Waals surface area contributed by atoms with E-state index in [1.165, 1.54) is 0 Å². The summed E-state index contributed by atoms with van der Waals surface area (Å²) in [4.78, 5) is 29.4. The molecule has 2 amide bonds. The molecule has 3 N–H and O–H groups in total. The largest absolute Gasteiger partial charge is 0.339 e. The number of carbonyl (C=O) groups is 2. The van der Waals surface area contributed by atoms with Crippen LogP contribution in [0.2, 0.25) is 0 Å². The summed E-state index contributed by atoms with van der Waals surface area (Å²) in [5.74, 6) is 0.0529. The van der Waals surface area contributed by atoms with Crippen LogP contribution in [0.3, 0.4) is 0 Å². The van der Waals surface area contributed by atoms with E-state index in [1.807, 2.05) is 53.4 Å². The molecular formula is C24H28N6O2. The van der Waals surface area contributed by atoms with Gasteiger partial charge in [0.25, 0.3) is 0 Å². The quantitative estimate of drug-likeness (QED) is 0.573. The Morgan fingerprint density at radius 2 is 1.88 bits per heavy atom. The van der Waals surface area contributed by atoms with E-state index in [1.54, 1.807) is 0 Å². The van der Waals surface area contributed by atoms with Gasteiger partial charge in [0.05, 0.1) is 23.7 Å². The fourth-order valence-corrected chi connectivity index (χ4v) is 4.55. The maximum absolute atomic E-state index is 12.9. The molecule has 1 atom stereocenters. The van der Waals surface area contributed by atoms with Gasteiger partial charge in [0.2, 0.25) is 11.8 Å². The molecule has 0 bridgehead atoms. The zero-order valence-electron chi connectivity index (χ0n) is 18.0. The van der Waals surface area contributed by atoms with Crippen LogP contribution in [-0.2, 0) is 9.59 Å². The van der Waals surface area contributed by atoms with Gasteiger partial charge in [-0.25, -0.2) is 0 Å². The first-order chi connectivity index (χ1) is 15.7. The van der Waals surface area contributed by atoms with Crippen LogP contribution in [-0.4, -0.2) is 77.6 Å². The number of hydrogen-bond acceptors (Lipinski definition) is 5. The number of nitrogens with one attached hydrogen (secondary N) is 3. The number of benzene rings is 2. The van der Waals surface area contributed by atoms with Gasteiger partial charge in [-0.2, -0.15) is 5.10 Å². The number of hydrogen-bond donors (Lipinski definition) is 3. The van der Waals surface area contributed by atoms with Crippen LogP contribution in [0, 0.1) is 5.92 Å². The molecule has 2 aliphatic heterocycles. The molecule has 2 fully saturated rings. The number of aromatic amines is 1. The van der Waals surface area contributed by atoms with Gasteiger partial charge in [0.15, 0.2) is 0 Å². The lowest BCUT2D eigenvalue weighted by Gasteiger charge is -2.29. The average Bonchev–Trinajstić information content (AvgIpc) is 3.47. The highest BCUT2D eigenvalue weighted by Gasteiger charge is 2.30. The highest BCUT2D eigenvalue weighted by atomic mass is 16.2. The predicted octanol–water partition coefficient (Wildman–Crippen LogP) is 1.92. The zero-order valence-corrected chi connectivity index (χ0v) is 18.0. The van der Waals surface area contributed by atoms with Crippen LogP contribution >= 0.6 is 0 Å². The lowest BCUT2D eigenvalue weighted by molar-refractivity contribution is -0.133. The van der Waals surface area contributed by atoms with Crippen LogP contribution in [0.25, 0.3) is 22.2 Å². The molecule has 5 rings (SSSR count). The fraction of sp³-hybridized carbons (Fsp3) is 0.375. The Bertz CT molecular complexity index is 1110. The molecule has 1 aromatic heterocycles. The number of aromatic nitrogens is 2. The molecule has 2 saturated heterocycles. The minimum Gasteiger partial charge on any atom is -0.339 e. The number of amides is 2. The van der Waals surface area contributed by atoms with Crippen LogP contribution in [0.1, 0.15) is 6.42 Å². The SMILES string of the molecule is O=C(Nc1ccc2[nH]nc(-c3ccccc3)c2c1)[C@@H]1CCN(CC(=O)N2CCNCC2)C1. The third-order valence-corrected chi connectivity index (χ3v) is 6.35. The van der Waals surface area contributed by atoms with E-state index in [-0.39, 0.29) is 17.7 Å². The molecular weight excluding hydrogens is 404 g/mol. The second kappa shape index (κ2) is 9.10. The summed E-state index contributed by atoms with van der Waals surface area (Å²) in [6.07, 6.45) is 0.768. The van der Waals surface area contributed by atoms with Crippen molar-refractivity contribution in [1.29, 1.82) is 0 Å². The third-order valence-electron chi connectivity index (χ3n) is 6.35. The van der Waals surface area contributed by atoms with Crippen molar-refractivity contribution in [3.8, 4) is 11.3 Å². The van der Waals surface area contributed by atoms with Crippen molar-refractivity contribution in [3.63, 3.8) is 0 Å². The normalized spacial score (nSPS) is 19.4. The van der Waals surface area contributed by atoms with Crippen LogP contribution in [0.5, 0.6) is 0 Å². The van der Waals surface area contributed by atoms with E-state index in [0.717, 1.165) is 67.0 Å². The summed E-state index contributed by atoms with van der Waals surface area (Å²) in [5.41, 5.74) is 3.59. The van der Waals surface area contributed by atoms with Gasteiger partial charge in [0.1, 0.15) is 0 Å². The Morgan fingerprint density at radius 1 is 1.06 bits per heavy atom. The van der Waals surface area contributed by atoms with Crippen molar-refractivity contribution in [1.82, 2.24) is 25.3 Å². The smallest absolute Gasteiger partial charge is 0.236 e. The van der Waals surface area contributed by atoms with Gasteiger partial charge >= 0.3 is 0 Å². The molecule has 8 nitrogen and oxygen atoms in total. The summed E-state index contributed by atoms with van der Waals surface area (Å²) in [6, 6.07) is 15.8. The van der Waals surface area contributed by atoms with Crippen LogP contribution in [0.4, 0.5) is 5.69 Å². The molecule has 32 heavy (non-hydrogen) atoms. The lowest BCUT2D eigenvalue weighted by Crippen LogP contribution is -2.49. The summed E-state index contributed by atoms with van der Waals surface area (Å²) in [6.45, 7) is 5.01. The second-order valence-corrected chi connectivity index (χ2v) is 8.54. The Kier molecular flexibility index (Phi) is 5.87. The number of carbonyl (C=O) groups excluding carboxylic acids is 2. The van der Waals surface area contributed by atoms with Crippen molar-refractivity contribution in [2.75, 3.05) is 51.1 Å². The Morgan fingerprint density at radius 3 is 2.69 bits per heavy atom. The molecule has 0 radical (unpaired) electrons. The van der Waals surface area contributed by atoms with Crippen molar-refractivity contribution < 1.29 is 9.59 Å². The number of likely N-dealkylation sites (tertiary alicyclic amines) is 1. The zero-order chi connectivity index (χ0) is 21.9. The molecule has 8 heteroatoms. The first kappa shape index (κ1) is 20.7. The molecule has 0 spiro atoms. The third kappa shape index (κ3) is 4.37. The van der Waals surface area contributed by atoms with Gasteiger partial charge in [-0.05, 0) is 31.2 Å². The van der Waals surface area contributed by atoms with Crippen LogP contribution in [0.15, 0.2) is 48.5 Å². The highest BCUT2D eigenvalue weighted by Crippen LogP contribution is 2.29. The molecule has 3 heterocycles. The van der Waals surface area contributed by atoms with E-state index in [9.17, 15) is 9.59 Å². The maximum atomic E-state index is 12.9. The molecule has 0 unspecified atom stereocenters. The molecule has 0 aliphatic carbocycles. The number of nitrogens with zero attached hydrogens (tertiary/aromatic N) is 3. The van der Waals surface area contributed by atoms with Gasteiger partial charge < -0.3 is 15.5 Å². The number of H-pyrrole nitrogens is 1. The number of anilines is 1. The first-order valence-corrected chi connectivity index (χ1v) is 11.2. The van der Waals surface area contributed by atoms with Gasteiger partial charge in [0, 0.05) is 49.4 Å². The average molecular weight is 433 g/mol. The van der Waals surface area contributed by atoms with Crippen molar-refractivity contribution in [3.05, 3.63) is 48.5 Å². The predicted molar refractivity (Wildman–Crippen MR) is 124 cm³/mol. The summed E-state index contributed by atoms with van der Waals surface area (Å²) in [7, 11) is 0. The van der Waals surface area contributed by atoms with Crippen LogP contribution < -0.4 is 10.6 Å².